The van der Waals surface area contributed by atoms with Crippen LogP contribution in [-0.2, 0) is 6.54 Å². The number of nitrogens with zero attached hydrogens (tertiary/aromatic N) is 2. The van der Waals surface area contributed by atoms with Gasteiger partial charge in [-0.15, -0.1) is 0 Å². The van der Waals surface area contributed by atoms with E-state index >= 15 is 0 Å². The summed E-state index contributed by atoms with van der Waals surface area (Å²) in [4.78, 5) is 0. The van der Waals surface area contributed by atoms with Crippen molar-refractivity contribution in [2.45, 2.75) is 57.9 Å². The minimum atomic E-state index is 0.682. The smallest absolute Gasteiger partial charge is 0.195 e. The SMILES string of the molecule is CC1CCCCC1Cn1c(C2CC2)n[nH]c1=S. The molecular weight excluding hydrogens is 230 g/mol. The van der Waals surface area contributed by atoms with Gasteiger partial charge in [-0.1, -0.05) is 26.2 Å². The Morgan fingerprint density at radius 3 is 2.76 bits per heavy atom. The minimum Gasteiger partial charge on any atom is -0.304 e. The van der Waals surface area contributed by atoms with Gasteiger partial charge in [-0.2, -0.15) is 5.10 Å². The van der Waals surface area contributed by atoms with E-state index in [-0.39, 0.29) is 0 Å². The van der Waals surface area contributed by atoms with Gasteiger partial charge in [0.2, 0.25) is 0 Å². The van der Waals surface area contributed by atoms with Crippen LogP contribution in [-0.4, -0.2) is 14.8 Å². The number of hydrogen-bond donors (Lipinski definition) is 1. The highest BCUT2D eigenvalue weighted by molar-refractivity contribution is 7.71. The third-order valence-electron chi connectivity index (χ3n) is 4.44. The van der Waals surface area contributed by atoms with E-state index in [0.717, 1.165) is 23.2 Å². The van der Waals surface area contributed by atoms with Crippen LogP contribution in [0.1, 0.15) is 57.2 Å². The predicted octanol–water partition coefficient (Wildman–Crippen LogP) is 3.64. The number of aromatic nitrogens is 3. The van der Waals surface area contributed by atoms with Crippen LogP contribution in [0.2, 0.25) is 0 Å². The van der Waals surface area contributed by atoms with Crippen molar-refractivity contribution in [1.82, 2.24) is 14.8 Å². The average molecular weight is 251 g/mol. The molecule has 94 valence electrons. The summed E-state index contributed by atoms with van der Waals surface area (Å²) in [6.45, 7) is 3.48. The van der Waals surface area contributed by atoms with E-state index in [4.69, 9.17) is 12.2 Å². The summed E-state index contributed by atoms with van der Waals surface area (Å²) in [5.74, 6) is 3.53. The highest BCUT2D eigenvalue weighted by Gasteiger charge is 2.30. The summed E-state index contributed by atoms with van der Waals surface area (Å²) in [6, 6.07) is 0. The lowest BCUT2D eigenvalue weighted by atomic mass is 9.80. The Morgan fingerprint density at radius 1 is 1.29 bits per heavy atom. The van der Waals surface area contributed by atoms with Crippen LogP contribution in [0.3, 0.4) is 0 Å². The molecule has 0 radical (unpaired) electrons. The second-order valence-electron chi connectivity index (χ2n) is 5.79. The Balaban J connectivity index is 1.79. The van der Waals surface area contributed by atoms with Crippen molar-refractivity contribution in [2.24, 2.45) is 11.8 Å². The summed E-state index contributed by atoms with van der Waals surface area (Å²) in [5, 5.41) is 7.39. The maximum absolute atomic E-state index is 5.37. The number of nitrogens with one attached hydrogen (secondary N) is 1. The van der Waals surface area contributed by atoms with E-state index in [1.54, 1.807) is 0 Å². The number of aromatic amines is 1. The monoisotopic (exact) mass is 251 g/mol. The number of hydrogen-bond acceptors (Lipinski definition) is 2. The first-order valence-electron chi connectivity index (χ1n) is 6.91. The zero-order valence-electron chi connectivity index (χ0n) is 10.5. The molecule has 2 aliphatic rings. The van der Waals surface area contributed by atoms with Gasteiger partial charge in [0.15, 0.2) is 4.77 Å². The zero-order chi connectivity index (χ0) is 11.8. The van der Waals surface area contributed by atoms with Gasteiger partial charge in [0.25, 0.3) is 0 Å². The van der Waals surface area contributed by atoms with Crippen molar-refractivity contribution in [3.8, 4) is 0 Å². The third-order valence-corrected chi connectivity index (χ3v) is 4.75. The topological polar surface area (TPSA) is 33.6 Å². The molecule has 0 saturated heterocycles. The lowest BCUT2D eigenvalue weighted by molar-refractivity contribution is 0.226. The second-order valence-corrected chi connectivity index (χ2v) is 6.18. The molecule has 2 unspecified atom stereocenters. The molecule has 4 heteroatoms. The van der Waals surface area contributed by atoms with E-state index in [0.29, 0.717) is 5.92 Å². The third kappa shape index (κ3) is 2.32. The predicted molar refractivity (Wildman–Crippen MR) is 70.5 cm³/mol. The van der Waals surface area contributed by atoms with Gasteiger partial charge in [-0.25, -0.2) is 0 Å². The van der Waals surface area contributed by atoms with Crippen molar-refractivity contribution >= 4 is 12.2 Å². The van der Waals surface area contributed by atoms with Crippen LogP contribution in [0.15, 0.2) is 0 Å². The quantitative estimate of drug-likeness (QED) is 0.832. The fourth-order valence-electron chi connectivity index (χ4n) is 3.06. The Hall–Kier alpha value is -0.640. The molecule has 1 aromatic rings. The van der Waals surface area contributed by atoms with Crippen molar-refractivity contribution in [2.75, 3.05) is 0 Å². The maximum atomic E-state index is 5.37. The molecule has 1 heterocycles. The molecule has 0 aromatic carbocycles. The first-order valence-corrected chi connectivity index (χ1v) is 7.31. The number of rotatable bonds is 3. The Bertz CT molecular complexity index is 444. The van der Waals surface area contributed by atoms with Crippen molar-refractivity contribution in [1.29, 1.82) is 0 Å². The Labute approximate surface area is 108 Å². The largest absolute Gasteiger partial charge is 0.304 e. The maximum Gasteiger partial charge on any atom is 0.195 e. The van der Waals surface area contributed by atoms with E-state index < -0.39 is 0 Å². The van der Waals surface area contributed by atoms with Crippen molar-refractivity contribution in [3.05, 3.63) is 10.6 Å². The summed E-state index contributed by atoms with van der Waals surface area (Å²) >= 11 is 5.37. The second kappa shape index (κ2) is 4.56. The molecule has 1 N–H and O–H groups in total. The summed E-state index contributed by atoms with van der Waals surface area (Å²) in [6.07, 6.45) is 8.12. The fourth-order valence-corrected chi connectivity index (χ4v) is 3.27. The highest BCUT2D eigenvalue weighted by Crippen LogP contribution is 2.40. The van der Waals surface area contributed by atoms with Gasteiger partial charge >= 0.3 is 0 Å². The van der Waals surface area contributed by atoms with Crippen LogP contribution < -0.4 is 0 Å². The lowest BCUT2D eigenvalue weighted by Gasteiger charge is -2.29. The molecule has 3 nitrogen and oxygen atoms in total. The van der Waals surface area contributed by atoms with Gasteiger partial charge < -0.3 is 4.57 Å². The average Bonchev–Trinajstić information content (AvgIpc) is 3.09. The van der Waals surface area contributed by atoms with E-state index in [1.165, 1.54) is 44.3 Å². The molecule has 17 heavy (non-hydrogen) atoms. The van der Waals surface area contributed by atoms with Gasteiger partial charge in [0, 0.05) is 12.5 Å². The Morgan fingerprint density at radius 2 is 2.06 bits per heavy atom. The summed E-state index contributed by atoms with van der Waals surface area (Å²) in [5.41, 5.74) is 0. The zero-order valence-corrected chi connectivity index (χ0v) is 11.3. The van der Waals surface area contributed by atoms with Gasteiger partial charge in [0.05, 0.1) is 0 Å². The van der Waals surface area contributed by atoms with E-state index in [9.17, 15) is 0 Å². The minimum absolute atomic E-state index is 0.682. The molecule has 0 amide bonds. The fraction of sp³-hybridized carbons (Fsp3) is 0.846. The lowest BCUT2D eigenvalue weighted by Crippen LogP contribution is -2.23. The molecule has 2 atom stereocenters. The molecule has 0 spiro atoms. The van der Waals surface area contributed by atoms with Gasteiger partial charge in [0.1, 0.15) is 5.82 Å². The molecule has 1 aromatic heterocycles. The van der Waals surface area contributed by atoms with E-state index in [2.05, 4.69) is 21.7 Å². The van der Waals surface area contributed by atoms with Crippen LogP contribution in [0.4, 0.5) is 0 Å². The standard InChI is InChI=1S/C13H21N3S/c1-9-4-2-3-5-11(9)8-16-12(10-6-7-10)14-15-13(16)17/h9-11H,2-8H2,1H3,(H,15,17). The number of H-pyrrole nitrogens is 1. The van der Waals surface area contributed by atoms with Crippen LogP contribution in [0.5, 0.6) is 0 Å². The van der Waals surface area contributed by atoms with Crippen LogP contribution >= 0.6 is 12.2 Å². The molecule has 0 bridgehead atoms. The van der Waals surface area contributed by atoms with Crippen LogP contribution in [0, 0.1) is 16.6 Å². The molecule has 0 aliphatic heterocycles. The Kier molecular flexibility index (Phi) is 3.07. The normalized spacial score (nSPS) is 29.5. The van der Waals surface area contributed by atoms with Gasteiger partial charge in [-0.3, -0.25) is 5.10 Å². The molecule has 2 aliphatic carbocycles. The first kappa shape index (κ1) is 11.5. The van der Waals surface area contributed by atoms with Crippen molar-refractivity contribution in [3.63, 3.8) is 0 Å². The highest BCUT2D eigenvalue weighted by atomic mass is 32.1. The first-order chi connectivity index (χ1) is 8.25. The summed E-state index contributed by atoms with van der Waals surface area (Å²) in [7, 11) is 0. The molecule has 2 fully saturated rings. The molecule has 2 saturated carbocycles. The van der Waals surface area contributed by atoms with Crippen LogP contribution in [0.25, 0.3) is 0 Å². The van der Waals surface area contributed by atoms with E-state index in [1.807, 2.05) is 0 Å². The van der Waals surface area contributed by atoms with Gasteiger partial charge in [-0.05, 0) is 43.3 Å². The van der Waals surface area contributed by atoms with Crippen molar-refractivity contribution < 1.29 is 0 Å². The molecular formula is C13H21N3S. The summed E-state index contributed by atoms with van der Waals surface area (Å²) < 4.78 is 3.10. The molecule has 3 rings (SSSR count).